The Kier molecular flexibility index (Phi) is 6.09. The number of nitrogens with zero attached hydrogens (tertiary/aromatic N) is 1. The van der Waals surface area contributed by atoms with Crippen molar-refractivity contribution in [3.8, 4) is 5.75 Å². The number of hydrogen-bond acceptors (Lipinski definition) is 3. The summed E-state index contributed by atoms with van der Waals surface area (Å²) in [5.74, 6) is 2.49. The van der Waals surface area contributed by atoms with Gasteiger partial charge in [-0.25, -0.2) is 0 Å². The first kappa shape index (κ1) is 17.1. The predicted octanol–water partition coefficient (Wildman–Crippen LogP) is 2.58. The van der Waals surface area contributed by atoms with Crippen molar-refractivity contribution in [3.05, 3.63) is 29.8 Å². The highest BCUT2D eigenvalue weighted by Crippen LogP contribution is 2.27. The van der Waals surface area contributed by atoms with E-state index >= 15 is 0 Å². The highest BCUT2D eigenvalue weighted by Gasteiger charge is 2.31. The fourth-order valence-electron chi connectivity index (χ4n) is 3.46. The summed E-state index contributed by atoms with van der Waals surface area (Å²) in [6.07, 6.45) is 2.25. The van der Waals surface area contributed by atoms with E-state index in [2.05, 4.69) is 5.32 Å². The molecule has 3 rings (SSSR count). The Hall–Kier alpha value is -1.26. The maximum Gasteiger partial charge on any atom is 0.253 e. The zero-order valence-corrected chi connectivity index (χ0v) is 13.9. The van der Waals surface area contributed by atoms with Crippen molar-refractivity contribution in [2.45, 2.75) is 19.8 Å². The van der Waals surface area contributed by atoms with Crippen LogP contribution < -0.4 is 10.1 Å². The van der Waals surface area contributed by atoms with Gasteiger partial charge in [0.25, 0.3) is 5.91 Å². The minimum absolute atomic E-state index is 0. The average molecular weight is 325 g/mol. The topological polar surface area (TPSA) is 41.6 Å². The zero-order chi connectivity index (χ0) is 14.7. The molecule has 0 saturated carbocycles. The van der Waals surface area contributed by atoms with Crippen LogP contribution in [-0.4, -0.2) is 43.6 Å². The number of ether oxygens (including phenoxy) is 1. The molecular formula is C17H25ClN2O2. The third-order valence-corrected chi connectivity index (χ3v) is 4.72. The molecule has 0 spiro atoms. The van der Waals surface area contributed by atoms with E-state index < -0.39 is 0 Å². The lowest BCUT2D eigenvalue weighted by molar-refractivity contribution is 0.0758. The van der Waals surface area contributed by atoms with Crippen molar-refractivity contribution in [2.24, 2.45) is 11.8 Å². The molecule has 1 aromatic carbocycles. The van der Waals surface area contributed by atoms with Crippen LogP contribution in [0.1, 0.15) is 30.1 Å². The van der Waals surface area contributed by atoms with Crippen molar-refractivity contribution in [1.82, 2.24) is 10.2 Å². The largest absolute Gasteiger partial charge is 0.494 e. The standard InChI is InChI=1S/C17H24N2O2.ClH/c1-2-21-16-5-3-13(4-6-16)17(20)19-9-7-14-11-18-12-15(14)8-10-19;/h3-6,14-15,18H,2,7-12H2,1H3;1H/t14-,15+;. The van der Waals surface area contributed by atoms with E-state index in [1.807, 2.05) is 36.1 Å². The van der Waals surface area contributed by atoms with Gasteiger partial charge >= 0.3 is 0 Å². The predicted molar refractivity (Wildman–Crippen MR) is 89.8 cm³/mol. The SMILES string of the molecule is CCOc1ccc(C(=O)N2CC[C@@H]3CNC[C@@H]3CC2)cc1.Cl. The summed E-state index contributed by atoms with van der Waals surface area (Å²) in [4.78, 5) is 14.6. The van der Waals surface area contributed by atoms with Crippen molar-refractivity contribution in [1.29, 1.82) is 0 Å². The van der Waals surface area contributed by atoms with Crippen LogP contribution in [0.25, 0.3) is 0 Å². The first-order valence-corrected chi connectivity index (χ1v) is 8.00. The lowest BCUT2D eigenvalue weighted by Gasteiger charge is -2.21. The van der Waals surface area contributed by atoms with Crippen molar-refractivity contribution in [3.63, 3.8) is 0 Å². The van der Waals surface area contributed by atoms with E-state index in [0.717, 1.165) is 62.2 Å². The van der Waals surface area contributed by atoms with Gasteiger partial charge in [0.15, 0.2) is 0 Å². The van der Waals surface area contributed by atoms with E-state index in [1.165, 1.54) is 0 Å². The molecular weight excluding hydrogens is 300 g/mol. The van der Waals surface area contributed by atoms with Gasteiger partial charge in [0.2, 0.25) is 0 Å². The maximum absolute atomic E-state index is 12.6. The van der Waals surface area contributed by atoms with Gasteiger partial charge in [-0.15, -0.1) is 12.4 Å². The zero-order valence-electron chi connectivity index (χ0n) is 13.1. The summed E-state index contributed by atoms with van der Waals surface area (Å²) < 4.78 is 5.42. The normalized spacial score (nSPS) is 24.1. The molecule has 2 fully saturated rings. The molecule has 1 N–H and O–H groups in total. The lowest BCUT2D eigenvalue weighted by atomic mass is 9.92. The highest BCUT2D eigenvalue weighted by molar-refractivity contribution is 5.94. The molecule has 2 aliphatic rings. The average Bonchev–Trinajstić information content (AvgIpc) is 2.86. The number of amides is 1. The molecule has 0 bridgehead atoms. The van der Waals surface area contributed by atoms with Crippen LogP contribution in [0.4, 0.5) is 0 Å². The van der Waals surface area contributed by atoms with Gasteiger partial charge in [0.05, 0.1) is 6.61 Å². The number of benzene rings is 1. The van der Waals surface area contributed by atoms with Gasteiger partial charge in [-0.3, -0.25) is 4.79 Å². The molecule has 22 heavy (non-hydrogen) atoms. The molecule has 0 radical (unpaired) electrons. The van der Waals surface area contributed by atoms with Crippen LogP contribution in [0.5, 0.6) is 5.75 Å². The number of carbonyl (C=O) groups is 1. The second-order valence-corrected chi connectivity index (χ2v) is 6.01. The molecule has 2 heterocycles. The van der Waals surface area contributed by atoms with E-state index in [4.69, 9.17) is 4.74 Å². The van der Waals surface area contributed by atoms with Crippen molar-refractivity contribution >= 4 is 18.3 Å². The number of carbonyl (C=O) groups excluding carboxylic acids is 1. The van der Waals surface area contributed by atoms with Gasteiger partial charge in [-0.1, -0.05) is 0 Å². The first-order valence-electron chi connectivity index (χ1n) is 8.00. The summed E-state index contributed by atoms with van der Waals surface area (Å²) in [6.45, 7) is 6.62. The minimum atomic E-state index is 0. The third kappa shape index (κ3) is 3.73. The van der Waals surface area contributed by atoms with Gasteiger partial charge in [0.1, 0.15) is 5.75 Å². The Morgan fingerprint density at radius 3 is 2.32 bits per heavy atom. The Bertz CT molecular complexity index is 478. The Morgan fingerprint density at radius 1 is 1.18 bits per heavy atom. The van der Waals surface area contributed by atoms with Crippen molar-refractivity contribution in [2.75, 3.05) is 32.8 Å². The molecule has 2 aliphatic heterocycles. The molecule has 1 amide bonds. The molecule has 1 aromatic rings. The van der Waals surface area contributed by atoms with Crippen LogP contribution in [0.2, 0.25) is 0 Å². The quantitative estimate of drug-likeness (QED) is 0.929. The summed E-state index contributed by atoms with van der Waals surface area (Å²) in [7, 11) is 0. The summed E-state index contributed by atoms with van der Waals surface area (Å²) in [6, 6.07) is 7.52. The van der Waals surface area contributed by atoms with E-state index in [9.17, 15) is 4.79 Å². The molecule has 0 aliphatic carbocycles. The van der Waals surface area contributed by atoms with Gasteiger partial charge in [-0.2, -0.15) is 0 Å². The van der Waals surface area contributed by atoms with Crippen molar-refractivity contribution < 1.29 is 9.53 Å². The van der Waals surface area contributed by atoms with E-state index in [1.54, 1.807) is 0 Å². The Balaban J connectivity index is 0.00000176. The Morgan fingerprint density at radius 2 is 1.77 bits per heavy atom. The fourth-order valence-corrected chi connectivity index (χ4v) is 3.46. The summed E-state index contributed by atoms with van der Waals surface area (Å²) >= 11 is 0. The monoisotopic (exact) mass is 324 g/mol. The van der Waals surface area contributed by atoms with Crippen LogP contribution in [0.15, 0.2) is 24.3 Å². The van der Waals surface area contributed by atoms with Gasteiger partial charge in [0, 0.05) is 18.7 Å². The van der Waals surface area contributed by atoms with Crippen LogP contribution in [0.3, 0.4) is 0 Å². The van der Waals surface area contributed by atoms with Gasteiger partial charge in [-0.05, 0) is 69.0 Å². The molecule has 0 unspecified atom stereocenters. The second-order valence-electron chi connectivity index (χ2n) is 6.01. The summed E-state index contributed by atoms with van der Waals surface area (Å²) in [5, 5.41) is 3.47. The third-order valence-electron chi connectivity index (χ3n) is 4.72. The number of nitrogens with one attached hydrogen (secondary N) is 1. The lowest BCUT2D eigenvalue weighted by Crippen LogP contribution is -2.32. The number of fused-ring (bicyclic) bond motifs is 1. The first-order chi connectivity index (χ1) is 10.3. The number of halogens is 1. The number of rotatable bonds is 3. The molecule has 2 saturated heterocycles. The fraction of sp³-hybridized carbons (Fsp3) is 0.588. The number of hydrogen-bond donors (Lipinski definition) is 1. The second kappa shape index (κ2) is 7.84. The highest BCUT2D eigenvalue weighted by atomic mass is 35.5. The number of likely N-dealkylation sites (tertiary alicyclic amines) is 1. The van der Waals surface area contributed by atoms with E-state index in [-0.39, 0.29) is 18.3 Å². The molecule has 2 atom stereocenters. The van der Waals surface area contributed by atoms with Crippen LogP contribution in [0, 0.1) is 11.8 Å². The Labute approximate surface area is 138 Å². The van der Waals surface area contributed by atoms with Crippen LogP contribution >= 0.6 is 12.4 Å². The maximum atomic E-state index is 12.6. The molecule has 0 aromatic heterocycles. The molecule has 4 nitrogen and oxygen atoms in total. The minimum Gasteiger partial charge on any atom is -0.494 e. The molecule has 122 valence electrons. The smallest absolute Gasteiger partial charge is 0.253 e. The molecule has 5 heteroatoms. The van der Waals surface area contributed by atoms with Crippen LogP contribution in [-0.2, 0) is 0 Å². The summed E-state index contributed by atoms with van der Waals surface area (Å²) in [5.41, 5.74) is 0.767. The van der Waals surface area contributed by atoms with E-state index in [0.29, 0.717) is 6.61 Å². The van der Waals surface area contributed by atoms with Gasteiger partial charge < -0.3 is 15.0 Å².